The molecule has 2 aliphatic heterocycles. The number of benzene rings is 1. The zero-order valence-electron chi connectivity index (χ0n) is 7.97. The molecule has 1 aromatic carbocycles. The zero-order chi connectivity index (χ0) is 10.3. The number of hydrogen-bond donors (Lipinski definition) is 0. The second-order valence-electron chi connectivity index (χ2n) is 3.43. The van der Waals surface area contributed by atoms with Gasteiger partial charge in [-0.05, 0) is 36.4 Å². The van der Waals surface area contributed by atoms with Crippen molar-refractivity contribution in [3.05, 3.63) is 59.0 Å². The highest BCUT2D eigenvalue weighted by Crippen LogP contribution is 2.31. The molecule has 0 saturated carbocycles. The number of nitrogens with zero attached hydrogens (tertiary/aromatic N) is 2. The smallest absolute Gasteiger partial charge is 0.0703 e. The van der Waals surface area contributed by atoms with Crippen LogP contribution in [0.3, 0.4) is 0 Å². The van der Waals surface area contributed by atoms with Crippen LogP contribution in [0.5, 0.6) is 0 Å². The van der Waals surface area contributed by atoms with E-state index in [0.717, 1.165) is 4.47 Å². The third-order valence-electron chi connectivity index (χ3n) is 2.47. The molecule has 0 fully saturated rings. The van der Waals surface area contributed by atoms with Gasteiger partial charge in [0, 0.05) is 28.6 Å². The van der Waals surface area contributed by atoms with Gasteiger partial charge in [0.2, 0.25) is 0 Å². The lowest BCUT2D eigenvalue weighted by Gasteiger charge is -2.35. The van der Waals surface area contributed by atoms with Crippen LogP contribution in [0, 0.1) is 0 Å². The molecule has 0 N–H and O–H groups in total. The summed E-state index contributed by atoms with van der Waals surface area (Å²) in [6.07, 6.45) is 12.3. The Hall–Kier alpha value is -1.48. The van der Waals surface area contributed by atoms with Gasteiger partial charge in [0.05, 0.1) is 5.69 Å². The van der Waals surface area contributed by atoms with E-state index in [4.69, 9.17) is 0 Å². The number of halogens is 1. The first-order chi connectivity index (χ1) is 7.34. The molecule has 2 heterocycles. The van der Waals surface area contributed by atoms with E-state index < -0.39 is 0 Å². The van der Waals surface area contributed by atoms with Crippen molar-refractivity contribution in [2.45, 2.75) is 0 Å². The third kappa shape index (κ3) is 1.39. The van der Waals surface area contributed by atoms with Crippen molar-refractivity contribution in [1.82, 2.24) is 5.01 Å². The lowest BCUT2D eigenvalue weighted by Crippen LogP contribution is -2.34. The third-order valence-corrected chi connectivity index (χ3v) is 2.96. The average Bonchev–Trinajstić information content (AvgIpc) is 2.28. The quantitative estimate of drug-likeness (QED) is 0.705. The fourth-order valence-corrected chi connectivity index (χ4v) is 2.15. The molecule has 1 aromatic rings. The van der Waals surface area contributed by atoms with E-state index in [9.17, 15) is 0 Å². The van der Waals surface area contributed by atoms with Gasteiger partial charge in [-0.25, -0.2) is 0 Å². The van der Waals surface area contributed by atoms with Gasteiger partial charge in [0.25, 0.3) is 0 Å². The van der Waals surface area contributed by atoms with Gasteiger partial charge < -0.3 is 0 Å². The van der Waals surface area contributed by atoms with E-state index in [1.54, 1.807) is 0 Å². The molecule has 2 aliphatic rings. The molecular formula is C12H9BrN2. The summed E-state index contributed by atoms with van der Waals surface area (Å²) in [4.78, 5) is 0. The summed E-state index contributed by atoms with van der Waals surface area (Å²) in [6.45, 7) is 0. The van der Waals surface area contributed by atoms with Crippen molar-refractivity contribution < 1.29 is 0 Å². The van der Waals surface area contributed by atoms with Crippen molar-refractivity contribution in [2.24, 2.45) is 0 Å². The van der Waals surface area contributed by atoms with Crippen molar-refractivity contribution in [1.29, 1.82) is 0 Å². The molecule has 74 valence electrons. The van der Waals surface area contributed by atoms with Crippen LogP contribution in [0.1, 0.15) is 5.56 Å². The Morgan fingerprint density at radius 1 is 1.00 bits per heavy atom. The summed E-state index contributed by atoms with van der Waals surface area (Å²) < 4.78 is 1.11. The predicted octanol–water partition coefficient (Wildman–Crippen LogP) is 3.50. The molecule has 0 atom stereocenters. The SMILES string of the molecule is Brc1ccc2c(c1)C=CN1C=CC=CN21. The summed E-state index contributed by atoms with van der Waals surface area (Å²) >= 11 is 3.48. The minimum absolute atomic E-state index is 1.11. The minimum Gasteiger partial charge on any atom is -0.264 e. The monoisotopic (exact) mass is 260 g/mol. The molecule has 15 heavy (non-hydrogen) atoms. The maximum atomic E-state index is 3.48. The number of fused-ring (bicyclic) bond motifs is 3. The van der Waals surface area contributed by atoms with Crippen LogP contribution < -0.4 is 5.01 Å². The maximum absolute atomic E-state index is 3.48. The van der Waals surface area contributed by atoms with Crippen LogP contribution in [0.2, 0.25) is 0 Å². The minimum atomic E-state index is 1.11. The Bertz CT molecular complexity index is 488. The standard InChI is InChI=1S/C12H9BrN2/c13-11-3-4-12-10(9-11)5-8-14-6-1-2-7-15(12)14/h1-9H. The molecule has 3 heteroatoms. The number of rotatable bonds is 0. The van der Waals surface area contributed by atoms with Gasteiger partial charge in [-0.15, -0.1) is 0 Å². The van der Waals surface area contributed by atoms with E-state index in [0.29, 0.717) is 0 Å². The highest BCUT2D eigenvalue weighted by atomic mass is 79.9. The normalized spacial score (nSPS) is 16.6. The van der Waals surface area contributed by atoms with E-state index in [1.807, 2.05) is 18.4 Å². The van der Waals surface area contributed by atoms with E-state index in [2.05, 4.69) is 62.6 Å². The van der Waals surface area contributed by atoms with Crippen LogP contribution in [0.15, 0.2) is 53.4 Å². The lowest BCUT2D eigenvalue weighted by atomic mass is 10.1. The second kappa shape index (κ2) is 3.28. The van der Waals surface area contributed by atoms with Crippen molar-refractivity contribution >= 4 is 27.7 Å². The predicted molar refractivity (Wildman–Crippen MR) is 65.8 cm³/mol. The highest BCUT2D eigenvalue weighted by Gasteiger charge is 2.17. The summed E-state index contributed by atoms with van der Waals surface area (Å²) in [7, 11) is 0. The first kappa shape index (κ1) is 8.80. The van der Waals surface area contributed by atoms with E-state index >= 15 is 0 Å². The molecule has 0 unspecified atom stereocenters. The largest absolute Gasteiger partial charge is 0.264 e. The van der Waals surface area contributed by atoms with Gasteiger partial charge in [0.1, 0.15) is 0 Å². The number of anilines is 1. The van der Waals surface area contributed by atoms with Crippen molar-refractivity contribution in [3.63, 3.8) is 0 Å². The Kier molecular flexibility index (Phi) is 1.92. The molecule has 0 aromatic heterocycles. The van der Waals surface area contributed by atoms with Gasteiger partial charge in [-0.1, -0.05) is 15.9 Å². The molecule has 0 bridgehead atoms. The molecule has 0 amide bonds. The summed E-state index contributed by atoms with van der Waals surface area (Å²) in [5, 5.41) is 4.16. The zero-order valence-corrected chi connectivity index (χ0v) is 9.55. The highest BCUT2D eigenvalue weighted by molar-refractivity contribution is 9.10. The Balaban J connectivity index is 2.14. The van der Waals surface area contributed by atoms with Gasteiger partial charge in [0.15, 0.2) is 0 Å². The molecular weight excluding hydrogens is 252 g/mol. The number of hydrogen-bond acceptors (Lipinski definition) is 2. The summed E-state index contributed by atoms with van der Waals surface area (Å²) in [6, 6.07) is 6.29. The molecule has 0 saturated heterocycles. The van der Waals surface area contributed by atoms with Crippen LogP contribution in [0.4, 0.5) is 5.69 Å². The van der Waals surface area contributed by atoms with Gasteiger partial charge in [-0.2, -0.15) is 0 Å². The van der Waals surface area contributed by atoms with Crippen molar-refractivity contribution in [2.75, 3.05) is 5.01 Å². The lowest BCUT2D eigenvalue weighted by molar-refractivity contribution is 0.505. The van der Waals surface area contributed by atoms with Gasteiger partial charge >= 0.3 is 0 Å². The van der Waals surface area contributed by atoms with Gasteiger partial charge in [-0.3, -0.25) is 10.0 Å². The molecule has 0 spiro atoms. The fourth-order valence-electron chi connectivity index (χ4n) is 1.77. The number of hydrazine groups is 1. The summed E-state index contributed by atoms with van der Waals surface area (Å²) in [5.41, 5.74) is 2.42. The topological polar surface area (TPSA) is 6.48 Å². The Labute approximate surface area is 96.9 Å². The Morgan fingerprint density at radius 3 is 2.80 bits per heavy atom. The number of allylic oxidation sites excluding steroid dienone is 2. The molecule has 2 nitrogen and oxygen atoms in total. The van der Waals surface area contributed by atoms with Crippen LogP contribution in [0.25, 0.3) is 6.08 Å². The van der Waals surface area contributed by atoms with Crippen LogP contribution in [-0.4, -0.2) is 5.01 Å². The molecule has 0 aliphatic carbocycles. The molecule has 3 rings (SSSR count). The second-order valence-corrected chi connectivity index (χ2v) is 4.34. The van der Waals surface area contributed by atoms with E-state index in [-0.39, 0.29) is 0 Å². The average molecular weight is 261 g/mol. The first-order valence-corrected chi connectivity index (χ1v) is 5.54. The Morgan fingerprint density at radius 2 is 1.87 bits per heavy atom. The summed E-state index contributed by atoms with van der Waals surface area (Å²) in [5.74, 6) is 0. The van der Waals surface area contributed by atoms with Crippen molar-refractivity contribution in [3.8, 4) is 0 Å². The fraction of sp³-hybridized carbons (Fsp3) is 0. The molecule has 0 radical (unpaired) electrons. The van der Waals surface area contributed by atoms with Crippen LogP contribution >= 0.6 is 15.9 Å². The van der Waals surface area contributed by atoms with E-state index in [1.165, 1.54) is 11.3 Å². The van der Waals surface area contributed by atoms with Crippen LogP contribution in [-0.2, 0) is 0 Å². The maximum Gasteiger partial charge on any atom is 0.0703 e. The first-order valence-electron chi connectivity index (χ1n) is 4.75.